The van der Waals surface area contributed by atoms with Gasteiger partial charge >= 0.3 is 6.09 Å². The van der Waals surface area contributed by atoms with Crippen LogP contribution in [0.4, 0.5) is 9.93 Å². The van der Waals surface area contributed by atoms with Gasteiger partial charge in [-0.2, -0.15) is 0 Å². The molecule has 7 nitrogen and oxygen atoms in total. The zero-order valence-electron chi connectivity index (χ0n) is 19.1. The highest BCUT2D eigenvalue weighted by molar-refractivity contribution is 7.15. The molecule has 1 unspecified atom stereocenters. The fourth-order valence-electron chi connectivity index (χ4n) is 4.50. The van der Waals surface area contributed by atoms with Crippen LogP contribution >= 0.6 is 11.3 Å². The van der Waals surface area contributed by atoms with Crippen molar-refractivity contribution >= 4 is 33.5 Å². The molecule has 174 valence electrons. The fourth-order valence-corrected chi connectivity index (χ4v) is 5.53. The zero-order chi connectivity index (χ0) is 22.8. The normalized spacial score (nSPS) is 17.8. The molecule has 1 atom stereocenters. The standard InChI is InChI=1S/C25H30N4O3S/c1-29(2)13-12-16-15-26-20-7-5-8-21(23(16)20)31-17-10-11-18(14-17)32-25(30)28-24-27-19-6-3-4-9-22(19)33-24/h5,7-8,14-15,17,26H,3-4,6,9-13H2,1-2H3,(H,27,28,30). The molecule has 0 saturated carbocycles. The van der Waals surface area contributed by atoms with E-state index >= 15 is 0 Å². The van der Waals surface area contributed by atoms with Crippen LogP contribution in [0.25, 0.3) is 10.9 Å². The Kier molecular flexibility index (Phi) is 6.37. The summed E-state index contributed by atoms with van der Waals surface area (Å²) in [5, 5.41) is 4.56. The fraction of sp³-hybridized carbons (Fsp3) is 0.440. The van der Waals surface area contributed by atoms with E-state index in [0.29, 0.717) is 17.3 Å². The summed E-state index contributed by atoms with van der Waals surface area (Å²) in [6.07, 6.45) is 10.2. The molecule has 0 aliphatic heterocycles. The molecule has 33 heavy (non-hydrogen) atoms. The lowest BCUT2D eigenvalue weighted by atomic mass is 10.0. The van der Waals surface area contributed by atoms with Gasteiger partial charge in [-0.1, -0.05) is 6.07 Å². The van der Waals surface area contributed by atoms with Crippen LogP contribution in [0, 0.1) is 0 Å². The number of carbonyl (C=O) groups is 1. The number of aromatic nitrogens is 2. The molecule has 1 aromatic carbocycles. The van der Waals surface area contributed by atoms with Gasteiger partial charge in [-0.05, 0) is 76.4 Å². The van der Waals surface area contributed by atoms with Gasteiger partial charge in [-0.3, -0.25) is 5.32 Å². The Labute approximate surface area is 197 Å². The topological polar surface area (TPSA) is 79.5 Å². The number of rotatable bonds is 7. The summed E-state index contributed by atoms with van der Waals surface area (Å²) < 4.78 is 11.9. The molecule has 1 amide bonds. The van der Waals surface area contributed by atoms with E-state index in [0.717, 1.165) is 54.6 Å². The van der Waals surface area contributed by atoms with Gasteiger partial charge in [0, 0.05) is 34.9 Å². The number of hydrogen-bond acceptors (Lipinski definition) is 6. The summed E-state index contributed by atoms with van der Waals surface area (Å²) in [4.78, 5) is 23.8. The van der Waals surface area contributed by atoms with Crippen LogP contribution in [0.15, 0.2) is 36.2 Å². The van der Waals surface area contributed by atoms with Crippen LogP contribution in [0.2, 0.25) is 0 Å². The van der Waals surface area contributed by atoms with E-state index in [9.17, 15) is 4.79 Å². The number of ether oxygens (including phenoxy) is 2. The largest absolute Gasteiger partial charge is 0.485 e. The summed E-state index contributed by atoms with van der Waals surface area (Å²) in [5.74, 6) is 1.51. The first-order valence-corrected chi connectivity index (χ1v) is 12.5. The van der Waals surface area contributed by atoms with Crippen molar-refractivity contribution < 1.29 is 14.3 Å². The van der Waals surface area contributed by atoms with E-state index in [-0.39, 0.29) is 6.10 Å². The molecule has 8 heteroatoms. The smallest absolute Gasteiger partial charge is 0.418 e. The van der Waals surface area contributed by atoms with Gasteiger partial charge in [-0.15, -0.1) is 11.3 Å². The number of carbonyl (C=O) groups excluding carboxylic acids is 1. The summed E-state index contributed by atoms with van der Waals surface area (Å²) in [7, 11) is 4.16. The van der Waals surface area contributed by atoms with Crippen LogP contribution in [-0.2, 0) is 24.0 Å². The van der Waals surface area contributed by atoms with E-state index in [4.69, 9.17) is 9.47 Å². The highest BCUT2D eigenvalue weighted by atomic mass is 32.1. The van der Waals surface area contributed by atoms with Crippen LogP contribution in [0.1, 0.15) is 41.8 Å². The Morgan fingerprint density at radius 1 is 1.27 bits per heavy atom. The lowest BCUT2D eigenvalue weighted by Crippen LogP contribution is -2.15. The Bertz CT molecular complexity index is 1160. The highest BCUT2D eigenvalue weighted by Crippen LogP contribution is 2.33. The molecule has 2 aliphatic rings. The van der Waals surface area contributed by atoms with Crippen molar-refractivity contribution in [3.63, 3.8) is 0 Å². The van der Waals surface area contributed by atoms with E-state index in [1.165, 1.54) is 23.3 Å². The number of fused-ring (bicyclic) bond motifs is 2. The maximum atomic E-state index is 12.4. The molecule has 0 saturated heterocycles. The summed E-state index contributed by atoms with van der Waals surface area (Å²) >= 11 is 1.56. The van der Waals surface area contributed by atoms with E-state index < -0.39 is 6.09 Å². The van der Waals surface area contributed by atoms with Gasteiger partial charge in [0.05, 0.1) is 5.69 Å². The predicted octanol–water partition coefficient (Wildman–Crippen LogP) is 5.28. The number of likely N-dealkylation sites (N-methyl/N-ethyl adjacent to an activating group) is 1. The minimum absolute atomic E-state index is 0.123. The molecular formula is C25H30N4O3S. The van der Waals surface area contributed by atoms with Gasteiger partial charge < -0.3 is 19.4 Å². The summed E-state index contributed by atoms with van der Waals surface area (Å²) in [6.45, 7) is 0.972. The maximum absolute atomic E-state index is 12.4. The Morgan fingerprint density at radius 2 is 2.15 bits per heavy atom. The van der Waals surface area contributed by atoms with Gasteiger partial charge in [0.25, 0.3) is 0 Å². The Hall–Kier alpha value is -2.84. The number of H-pyrrole nitrogens is 1. The van der Waals surface area contributed by atoms with Gasteiger partial charge in [-0.25, -0.2) is 9.78 Å². The first-order valence-electron chi connectivity index (χ1n) is 11.6. The third-order valence-corrected chi connectivity index (χ3v) is 7.25. The first kappa shape index (κ1) is 22.0. The van der Waals surface area contributed by atoms with Gasteiger partial charge in [0.15, 0.2) is 5.13 Å². The average molecular weight is 467 g/mol. The summed E-state index contributed by atoms with van der Waals surface area (Å²) in [5.41, 5.74) is 3.45. The molecule has 2 N–H and O–H groups in total. The number of allylic oxidation sites excluding steroid dienone is 1. The highest BCUT2D eigenvalue weighted by Gasteiger charge is 2.23. The second-order valence-electron chi connectivity index (χ2n) is 8.98. The van der Waals surface area contributed by atoms with Crippen LogP contribution < -0.4 is 10.1 Å². The molecule has 2 heterocycles. The number of nitrogens with zero attached hydrogens (tertiary/aromatic N) is 2. The molecule has 0 fully saturated rings. The number of thiazole rings is 1. The third-order valence-electron chi connectivity index (χ3n) is 6.18. The van der Waals surface area contributed by atoms with Crippen molar-refractivity contribution in [2.24, 2.45) is 0 Å². The predicted molar refractivity (Wildman–Crippen MR) is 131 cm³/mol. The van der Waals surface area contributed by atoms with Crippen molar-refractivity contribution in [3.05, 3.63) is 52.4 Å². The molecule has 2 aliphatic carbocycles. The first-order chi connectivity index (χ1) is 16.0. The minimum atomic E-state index is -0.480. The minimum Gasteiger partial charge on any atom is -0.485 e. The van der Waals surface area contributed by atoms with E-state index in [1.54, 1.807) is 11.3 Å². The van der Waals surface area contributed by atoms with Crippen molar-refractivity contribution in [3.8, 4) is 5.75 Å². The van der Waals surface area contributed by atoms with Gasteiger partial charge in [0.1, 0.15) is 17.6 Å². The molecule has 0 spiro atoms. The van der Waals surface area contributed by atoms with Gasteiger partial charge in [0.2, 0.25) is 0 Å². The molecule has 3 aromatic rings. The monoisotopic (exact) mass is 466 g/mol. The number of aromatic amines is 1. The van der Waals surface area contributed by atoms with Crippen LogP contribution in [0.3, 0.4) is 0 Å². The Morgan fingerprint density at radius 3 is 3.00 bits per heavy atom. The van der Waals surface area contributed by atoms with Crippen LogP contribution in [0.5, 0.6) is 5.75 Å². The maximum Gasteiger partial charge on any atom is 0.418 e. The number of benzene rings is 1. The van der Waals surface area contributed by atoms with Crippen molar-refractivity contribution in [2.75, 3.05) is 26.0 Å². The zero-order valence-corrected chi connectivity index (χ0v) is 20.0. The number of hydrogen-bond donors (Lipinski definition) is 2. The number of anilines is 1. The molecule has 0 radical (unpaired) electrons. The molecule has 0 bridgehead atoms. The average Bonchev–Trinajstić information content (AvgIpc) is 3.50. The number of nitrogens with one attached hydrogen (secondary N) is 2. The third kappa shape index (κ3) is 5.07. The van der Waals surface area contributed by atoms with Crippen molar-refractivity contribution in [1.29, 1.82) is 0 Å². The second-order valence-corrected chi connectivity index (χ2v) is 10.1. The van der Waals surface area contributed by atoms with Crippen LogP contribution in [-0.4, -0.2) is 47.7 Å². The quantitative estimate of drug-likeness (QED) is 0.495. The second kappa shape index (κ2) is 9.57. The van der Waals surface area contributed by atoms with E-state index in [2.05, 4.69) is 46.5 Å². The van der Waals surface area contributed by atoms with Crippen molar-refractivity contribution in [1.82, 2.24) is 14.9 Å². The lowest BCUT2D eigenvalue weighted by molar-refractivity contribution is 0.189. The number of aryl methyl sites for hydroxylation is 2. The van der Waals surface area contributed by atoms with Crippen molar-refractivity contribution in [2.45, 2.75) is 51.0 Å². The lowest BCUT2D eigenvalue weighted by Gasteiger charge is -2.14. The Balaban J connectivity index is 1.22. The summed E-state index contributed by atoms with van der Waals surface area (Å²) in [6, 6.07) is 6.08. The number of amides is 1. The van der Waals surface area contributed by atoms with E-state index in [1.807, 2.05) is 18.2 Å². The molecular weight excluding hydrogens is 436 g/mol. The molecule has 5 rings (SSSR count). The molecule has 2 aromatic heterocycles. The SMILES string of the molecule is CN(C)CCc1c[nH]c2cccc(OC3C=C(OC(=O)Nc4nc5c(s4)CCCC5)CC3)c12.